The Bertz CT molecular complexity index is 1230. The smallest absolute Gasteiger partial charge is 0.193 e. The molecule has 150 valence electrons. The monoisotopic (exact) mass is 399 g/mol. The van der Waals surface area contributed by atoms with Gasteiger partial charge in [0.2, 0.25) is 0 Å². The van der Waals surface area contributed by atoms with Crippen molar-refractivity contribution in [3.05, 3.63) is 94.6 Å². The Morgan fingerprint density at radius 3 is 2.50 bits per heavy atom. The third kappa shape index (κ3) is 3.44. The largest absolute Gasteiger partial charge is 0.497 e. The van der Waals surface area contributed by atoms with Crippen LogP contribution in [0, 0.1) is 0 Å². The number of anilines is 1. The lowest BCUT2D eigenvalue weighted by atomic mass is 10.1. The second-order valence-electron chi connectivity index (χ2n) is 7.30. The van der Waals surface area contributed by atoms with Crippen LogP contribution in [0.4, 0.5) is 5.69 Å². The molecule has 1 saturated heterocycles. The summed E-state index contributed by atoms with van der Waals surface area (Å²) >= 11 is 0. The van der Waals surface area contributed by atoms with E-state index in [2.05, 4.69) is 4.90 Å². The van der Waals surface area contributed by atoms with E-state index in [0.717, 1.165) is 29.1 Å². The fourth-order valence-electron chi connectivity index (χ4n) is 3.77. The molecule has 1 unspecified atom stereocenters. The zero-order valence-corrected chi connectivity index (χ0v) is 16.6. The molecule has 5 rings (SSSR count). The van der Waals surface area contributed by atoms with Gasteiger partial charge in [0.05, 0.1) is 19.0 Å². The SMILES string of the molecule is COc1ccc(C2CN(c3ccc(-c4cc(=O)c5ccccc5o4)cc3)CO2)cc1. The normalized spacial score (nSPS) is 16.2. The molecule has 0 radical (unpaired) electrons. The van der Waals surface area contributed by atoms with Crippen LogP contribution in [0.3, 0.4) is 0 Å². The van der Waals surface area contributed by atoms with Crippen LogP contribution in [0.5, 0.6) is 5.75 Å². The van der Waals surface area contributed by atoms with Gasteiger partial charge in [0.1, 0.15) is 29.9 Å². The standard InChI is InChI=1S/C25H21NO4/c1-28-20-12-8-18(9-13-20)25-15-26(16-29-25)19-10-6-17(7-11-19)24-14-22(27)21-4-2-3-5-23(21)30-24/h2-14,25H,15-16H2,1H3. The average molecular weight is 399 g/mol. The Balaban J connectivity index is 1.35. The number of rotatable bonds is 4. The molecule has 5 heteroatoms. The summed E-state index contributed by atoms with van der Waals surface area (Å²) in [5.74, 6) is 1.41. The van der Waals surface area contributed by atoms with Gasteiger partial charge in [0.25, 0.3) is 0 Å². The van der Waals surface area contributed by atoms with Gasteiger partial charge in [0.15, 0.2) is 5.43 Å². The third-order valence-electron chi connectivity index (χ3n) is 5.46. The van der Waals surface area contributed by atoms with E-state index in [1.54, 1.807) is 19.2 Å². The minimum absolute atomic E-state index is 0.0223. The maximum atomic E-state index is 12.4. The first kappa shape index (κ1) is 18.5. The molecule has 1 atom stereocenters. The van der Waals surface area contributed by atoms with Crippen LogP contribution in [0.25, 0.3) is 22.3 Å². The first-order valence-electron chi connectivity index (χ1n) is 9.85. The molecule has 0 amide bonds. The van der Waals surface area contributed by atoms with Crippen LogP contribution in [0.15, 0.2) is 88.1 Å². The first-order chi connectivity index (χ1) is 14.7. The summed E-state index contributed by atoms with van der Waals surface area (Å²) < 4.78 is 17.1. The van der Waals surface area contributed by atoms with Gasteiger partial charge in [0, 0.05) is 17.3 Å². The summed E-state index contributed by atoms with van der Waals surface area (Å²) in [6.45, 7) is 1.30. The maximum absolute atomic E-state index is 12.4. The Morgan fingerprint density at radius 1 is 0.967 bits per heavy atom. The van der Waals surface area contributed by atoms with Crippen molar-refractivity contribution < 1.29 is 13.9 Å². The summed E-state index contributed by atoms with van der Waals surface area (Å²) in [7, 11) is 1.66. The van der Waals surface area contributed by atoms with E-state index in [4.69, 9.17) is 13.9 Å². The van der Waals surface area contributed by atoms with Gasteiger partial charge < -0.3 is 18.8 Å². The number of hydrogen-bond donors (Lipinski definition) is 0. The molecule has 4 aromatic rings. The van der Waals surface area contributed by atoms with E-state index in [-0.39, 0.29) is 11.5 Å². The highest BCUT2D eigenvalue weighted by atomic mass is 16.5. The molecule has 0 aliphatic carbocycles. The molecular formula is C25H21NO4. The van der Waals surface area contributed by atoms with Crippen LogP contribution in [0.2, 0.25) is 0 Å². The van der Waals surface area contributed by atoms with E-state index in [9.17, 15) is 4.79 Å². The minimum atomic E-state index is -0.0359. The number of nitrogens with zero attached hydrogens (tertiary/aromatic N) is 1. The highest BCUT2D eigenvalue weighted by molar-refractivity contribution is 5.78. The topological polar surface area (TPSA) is 51.9 Å². The molecule has 0 spiro atoms. The van der Waals surface area contributed by atoms with Crippen LogP contribution in [-0.4, -0.2) is 20.4 Å². The van der Waals surface area contributed by atoms with Crippen molar-refractivity contribution in [2.24, 2.45) is 0 Å². The van der Waals surface area contributed by atoms with E-state index in [1.165, 1.54) is 0 Å². The zero-order chi connectivity index (χ0) is 20.5. The minimum Gasteiger partial charge on any atom is -0.497 e. The molecule has 0 saturated carbocycles. The van der Waals surface area contributed by atoms with Gasteiger partial charge in [-0.25, -0.2) is 0 Å². The van der Waals surface area contributed by atoms with E-state index < -0.39 is 0 Å². The third-order valence-corrected chi connectivity index (χ3v) is 5.46. The van der Waals surface area contributed by atoms with E-state index in [0.29, 0.717) is 23.5 Å². The Labute approximate surface area is 174 Å². The second kappa shape index (κ2) is 7.69. The number of para-hydroxylation sites is 1. The summed E-state index contributed by atoms with van der Waals surface area (Å²) in [5.41, 5.74) is 3.63. The van der Waals surface area contributed by atoms with E-state index >= 15 is 0 Å². The Hall–Kier alpha value is -3.57. The van der Waals surface area contributed by atoms with Gasteiger partial charge in [-0.3, -0.25) is 4.79 Å². The van der Waals surface area contributed by atoms with Crippen molar-refractivity contribution in [1.82, 2.24) is 0 Å². The molecule has 30 heavy (non-hydrogen) atoms. The molecule has 3 aromatic carbocycles. The van der Waals surface area contributed by atoms with Gasteiger partial charge >= 0.3 is 0 Å². The highest BCUT2D eigenvalue weighted by Crippen LogP contribution is 2.31. The Kier molecular flexibility index (Phi) is 4.73. The van der Waals surface area contributed by atoms with Crippen molar-refractivity contribution in [1.29, 1.82) is 0 Å². The lowest BCUT2D eigenvalue weighted by Crippen LogP contribution is -2.19. The maximum Gasteiger partial charge on any atom is 0.193 e. The van der Waals surface area contributed by atoms with Crippen molar-refractivity contribution >= 4 is 16.7 Å². The van der Waals surface area contributed by atoms with Crippen molar-refractivity contribution in [3.8, 4) is 17.1 Å². The number of ether oxygens (including phenoxy) is 2. The lowest BCUT2D eigenvalue weighted by Gasteiger charge is -2.17. The van der Waals surface area contributed by atoms with Crippen molar-refractivity contribution in [2.45, 2.75) is 6.10 Å². The van der Waals surface area contributed by atoms with Crippen molar-refractivity contribution in [3.63, 3.8) is 0 Å². The van der Waals surface area contributed by atoms with Crippen molar-refractivity contribution in [2.75, 3.05) is 25.3 Å². The summed E-state index contributed by atoms with van der Waals surface area (Å²) in [6, 6.07) is 24.8. The molecular weight excluding hydrogens is 378 g/mol. The lowest BCUT2D eigenvalue weighted by molar-refractivity contribution is 0.117. The zero-order valence-electron chi connectivity index (χ0n) is 16.6. The van der Waals surface area contributed by atoms with Crippen LogP contribution < -0.4 is 15.1 Å². The van der Waals surface area contributed by atoms with Gasteiger partial charge in [-0.1, -0.05) is 24.3 Å². The second-order valence-corrected chi connectivity index (χ2v) is 7.30. The number of methoxy groups -OCH3 is 1. The summed E-state index contributed by atoms with van der Waals surface area (Å²) in [4.78, 5) is 14.6. The van der Waals surface area contributed by atoms with Gasteiger partial charge in [-0.2, -0.15) is 0 Å². The van der Waals surface area contributed by atoms with E-state index in [1.807, 2.05) is 66.7 Å². The van der Waals surface area contributed by atoms with Gasteiger partial charge in [-0.05, 0) is 54.1 Å². The molecule has 1 aliphatic rings. The molecule has 1 fully saturated rings. The van der Waals surface area contributed by atoms with Crippen LogP contribution in [-0.2, 0) is 4.74 Å². The highest BCUT2D eigenvalue weighted by Gasteiger charge is 2.25. The Morgan fingerprint density at radius 2 is 1.73 bits per heavy atom. The summed E-state index contributed by atoms with van der Waals surface area (Å²) in [6.07, 6.45) is 0.0223. The molecule has 5 nitrogen and oxygen atoms in total. The molecule has 0 bridgehead atoms. The van der Waals surface area contributed by atoms with Gasteiger partial charge in [-0.15, -0.1) is 0 Å². The molecule has 0 N–H and O–H groups in total. The molecule has 1 aliphatic heterocycles. The fourth-order valence-corrected chi connectivity index (χ4v) is 3.77. The van der Waals surface area contributed by atoms with Crippen LogP contribution in [0.1, 0.15) is 11.7 Å². The molecule has 2 heterocycles. The number of benzene rings is 3. The predicted molar refractivity (Wildman–Crippen MR) is 117 cm³/mol. The predicted octanol–water partition coefficient (Wildman–Crippen LogP) is 5.00. The number of hydrogen-bond acceptors (Lipinski definition) is 5. The summed E-state index contributed by atoms with van der Waals surface area (Å²) in [5, 5.41) is 0.594. The fraction of sp³-hybridized carbons (Fsp3) is 0.160. The number of fused-ring (bicyclic) bond motifs is 1. The first-order valence-corrected chi connectivity index (χ1v) is 9.85. The average Bonchev–Trinajstić information content (AvgIpc) is 3.29. The molecule has 1 aromatic heterocycles. The van der Waals surface area contributed by atoms with Crippen LogP contribution >= 0.6 is 0 Å². The quantitative estimate of drug-likeness (QED) is 0.483.